The second-order valence-electron chi connectivity index (χ2n) is 6.63. The van der Waals surface area contributed by atoms with Gasteiger partial charge in [0.25, 0.3) is 0 Å². The van der Waals surface area contributed by atoms with Gasteiger partial charge in [-0.15, -0.1) is 11.3 Å². The van der Waals surface area contributed by atoms with Crippen LogP contribution in [0.15, 0.2) is 60.7 Å². The fraction of sp³-hybridized carbons (Fsp3) is 0.208. The maximum atomic E-state index is 12.3. The van der Waals surface area contributed by atoms with E-state index in [1.54, 1.807) is 32.4 Å². The van der Waals surface area contributed by atoms with E-state index in [4.69, 9.17) is 14.2 Å². The summed E-state index contributed by atoms with van der Waals surface area (Å²) >= 11 is 1.47. The maximum absolute atomic E-state index is 12.3. The lowest BCUT2D eigenvalue weighted by molar-refractivity contribution is -0.116. The van der Waals surface area contributed by atoms with Crippen molar-refractivity contribution in [3.8, 4) is 17.2 Å². The van der Waals surface area contributed by atoms with Gasteiger partial charge in [0.1, 0.15) is 6.10 Å². The van der Waals surface area contributed by atoms with Crippen molar-refractivity contribution in [2.75, 3.05) is 21.3 Å². The van der Waals surface area contributed by atoms with Crippen LogP contribution in [0.5, 0.6) is 17.2 Å². The van der Waals surface area contributed by atoms with Gasteiger partial charge in [-0.25, -0.2) is 0 Å². The zero-order valence-electron chi connectivity index (χ0n) is 17.6. The van der Waals surface area contributed by atoms with Gasteiger partial charge < -0.3 is 24.6 Å². The van der Waals surface area contributed by atoms with E-state index in [2.05, 4.69) is 5.32 Å². The van der Waals surface area contributed by atoms with Crippen LogP contribution in [0.25, 0.3) is 6.08 Å². The monoisotopic (exact) mass is 439 g/mol. The molecule has 3 rings (SSSR count). The fourth-order valence-electron chi connectivity index (χ4n) is 3.04. The zero-order valence-corrected chi connectivity index (χ0v) is 18.4. The van der Waals surface area contributed by atoms with Gasteiger partial charge in [-0.3, -0.25) is 4.79 Å². The standard InChI is InChI=1S/C24H25NO5S/c1-28-19-13-16(14-20(29-2)24(19)30-3)9-12-22(26)25-15-18-10-11-21(31-18)23(27)17-7-5-4-6-8-17/h4-14,23,27H,15H2,1-3H3,(H,25,26). The Morgan fingerprint density at radius 1 is 1.03 bits per heavy atom. The molecule has 0 bridgehead atoms. The van der Waals surface area contributed by atoms with Gasteiger partial charge >= 0.3 is 0 Å². The molecule has 1 aromatic heterocycles. The van der Waals surface area contributed by atoms with Crippen LogP contribution in [0.2, 0.25) is 0 Å². The van der Waals surface area contributed by atoms with E-state index in [-0.39, 0.29) is 5.91 Å². The first-order valence-electron chi connectivity index (χ1n) is 9.63. The first-order chi connectivity index (χ1) is 15.0. The highest BCUT2D eigenvalue weighted by Gasteiger charge is 2.14. The molecule has 0 spiro atoms. The van der Waals surface area contributed by atoms with Gasteiger partial charge in [-0.2, -0.15) is 0 Å². The number of aliphatic hydroxyl groups is 1. The summed E-state index contributed by atoms with van der Waals surface area (Å²) in [5.74, 6) is 1.31. The molecular formula is C24H25NO5S. The Morgan fingerprint density at radius 2 is 1.71 bits per heavy atom. The molecule has 0 saturated heterocycles. The van der Waals surface area contributed by atoms with Crippen LogP contribution in [0.3, 0.4) is 0 Å². The molecule has 0 aliphatic rings. The van der Waals surface area contributed by atoms with Gasteiger partial charge in [0.2, 0.25) is 11.7 Å². The van der Waals surface area contributed by atoms with Crippen molar-refractivity contribution in [1.82, 2.24) is 5.32 Å². The van der Waals surface area contributed by atoms with Crippen molar-refractivity contribution in [2.24, 2.45) is 0 Å². The molecule has 162 valence electrons. The number of methoxy groups -OCH3 is 3. The van der Waals surface area contributed by atoms with E-state index < -0.39 is 6.10 Å². The molecule has 31 heavy (non-hydrogen) atoms. The molecular weight excluding hydrogens is 414 g/mol. The van der Waals surface area contributed by atoms with E-state index in [9.17, 15) is 9.90 Å². The van der Waals surface area contributed by atoms with Gasteiger partial charge in [-0.05, 0) is 41.5 Å². The Labute approximate surface area is 185 Å². The van der Waals surface area contributed by atoms with Crippen molar-refractivity contribution in [3.63, 3.8) is 0 Å². The van der Waals surface area contributed by atoms with Crippen molar-refractivity contribution < 1.29 is 24.1 Å². The van der Waals surface area contributed by atoms with Crippen molar-refractivity contribution in [1.29, 1.82) is 0 Å². The maximum Gasteiger partial charge on any atom is 0.244 e. The molecule has 0 fully saturated rings. The normalized spacial score (nSPS) is 11.9. The molecule has 1 unspecified atom stereocenters. The number of carbonyl (C=O) groups is 1. The molecule has 1 atom stereocenters. The van der Waals surface area contributed by atoms with Crippen LogP contribution in [0, 0.1) is 0 Å². The van der Waals surface area contributed by atoms with Crippen LogP contribution in [-0.4, -0.2) is 32.3 Å². The minimum Gasteiger partial charge on any atom is -0.493 e. The Bertz CT molecular complexity index is 1020. The molecule has 0 aliphatic heterocycles. The Balaban J connectivity index is 1.61. The van der Waals surface area contributed by atoms with Crippen molar-refractivity contribution >= 4 is 23.3 Å². The largest absolute Gasteiger partial charge is 0.493 e. The predicted molar refractivity (Wildman–Crippen MR) is 122 cm³/mol. The second-order valence-corrected chi connectivity index (χ2v) is 7.83. The molecule has 0 saturated carbocycles. The summed E-state index contributed by atoms with van der Waals surface area (Å²) < 4.78 is 16.0. The molecule has 1 heterocycles. The average molecular weight is 440 g/mol. The second kappa shape index (κ2) is 10.7. The smallest absolute Gasteiger partial charge is 0.244 e. The summed E-state index contributed by atoms with van der Waals surface area (Å²) in [6.07, 6.45) is 2.46. The molecule has 3 aromatic rings. The third kappa shape index (κ3) is 5.65. The Hall–Kier alpha value is -3.29. The van der Waals surface area contributed by atoms with Crippen LogP contribution in [0.4, 0.5) is 0 Å². The molecule has 6 nitrogen and oxygen atoms in total. The number of benzene rings is 2. The van der Waals surface area contributed by atoms with Gasteiger partial charge in [0.15, 0.2) is 11.5 Å². The highest BCUT2D eigenvalue weighted by molar-refractivity contribution is 7.12. The zero-order chi connectivity index (χ0) is 22.2. The van der Waals surface area contributed by atoms with Gasteiger partial charge in [0.05, 0.1) is 27.9 Å². The molecule has 0 aliphatic carbocycles. The van der Waals surface area contributed by atoms with Gasteiger partial charge in [-0.1, -0.05) is 30.3 Å². The summed E-state index contributed by atoms with van der Waals surface area (Å²) in [4.78, 5) is 14.0. The Kier molecular flexibility index (Phi) is 7.70. The number of aliphatic hydroxyl groups excluding tert-OH is 1. The highest BCUT2D eigenvalue weighted by Crippen LogP contribution is 2.38. The quantitative estimate of drug-likeness (QED) is 0.489. The topological polar surface area (TPSA) is 77.0 Å². The SMILES string of the molecule is COc1cc(C=CC(=O)NCc2ccc(C(O)c3ccccc3)s2)cc(OC)c1OC. The van der Waals surface area contributed by atoms with E-state index in [0.29, 0.717) is 23.8 Å². The summed E-state index contributed by atoms with van der Waals surface area (Å²) in [6.45, 7) is 0.380. The Morgan fingerprint density at radius 3 is 2.32 bits per heavy atom. The van der Waals surface area contributed by atoms with Gasteiger partial charge in [0, 0.05) is 15.8 Å². The summed E-state index contributed by atoms with van der Waals surface area (Å²) in [5, 5.41) is 13.4. The summed E-state index contributed by atoms with van der Waals surface area (Å²) in [5.41, 5.74) is 1.59. The van der Waals surface area contributed by atoms with Crippen LogP contribution >= 0.6 is 11.3 Å². The molecule has 7 heteroatoms. The number of rotatable bonds is 9. The molecule has 2 N–H and O–H groups in total. The number of thiophene rings is 1. The fourth-order valence-corrected chi connectivity index (χ4v) is 4.01. The minimum atomic E-state index is -0.671. The lowest BCUT2D eigenvalue weighted by Gasteiger charge is -2.12. The first kappa shape index (κ1) is 22.4. The number of carbonyl (C=O) groups excluding carboxylic acids is 1. The molecule has 1 amide bonds. The third-order valence-electron chi connectivity index (χ3n) is 4.62. The number of amides is 1. The summed E-state index contributed by atoms with van der Waals surface area (Å²) in [6, 6.07) is 16.8. The van der Waals surface area contributed by atoms with Crippen LogP contribution in [0.1, 0.15) is 27.0 Å². The van der Waals surface area contributed by atoms with E-state index >= 15 is 0 Å². The predicted octanol–water partition coefficient (Wildman–Crippen LogP) is 4.19. The average Bonchev–Trinajstić information content (AvgIpc) is 3.29. The van der Waals surface area contributed by atoms with E-state index in [1.807, 2.05) is 42.5 Å². The van der Waals surface area contributed by atoms with Crippen LogP contribution in [-0.2, 0) is 11.3 Å². The number of hydrogen-bond donors (Lipinski definition) is 2. The summed E-state index contributed by atoms with van der Waals surface area (Å²) in [7, 11) is 4.63. The third-order valence-corrected chi connectivity index (χ3v) is 5.76. The van der Waals surface area contributed by atoms with E-state index in [0.717, 1.165) is 20.9 Å². The molecule has 0 radical (unpaired) electrons. The highest BCUT2D eigenvalue weighted by atomic mass is 32.1. The molecule has 2 aromatic carbocycles. The van der Waals surface area contributed by atoms with E-state index in [1.165, 1.54) is 24.5 Å². The van der Waals surface area contributed by atoms with Crippen molar-refractivity contribution in [3.05, 3.63) is 81.6 Å². The number of nitrogens with one attached hydrogen (secondary N) is 1. The van der Waals surface area contributed by atoms with Crippen LogP contribution < -0.4 is 19.5 Å². The number of ether oxygens (including phenoxy) is 3. The number of hydrogen-bond acceptors (Lipinski definition) is 6. The lowest BCUT2D eigenvalue weighted by atomic mass is 10.1. The minimum absolute atomic E-state index is 0.229. The van der Waals surface area contributed by atoms with Crippen molar-refractivity contribution in [2.45, 2.75) is 12.6 Å². The lowest BCUT2D eigenvalue weighted by Crippen LogP contribution is -2.19. The first-order valence-corrected chi connectivity index (χ1v) is 10.4.